The van der Waals surface area contributed by atoms with Gasteiger partial charge in [0.05, 0.1) is 12.1 Å². The van der Waals surface area contributed by atoms with Crippen LogP contribution in [0.3, 0.4) is 0 Å². The van der Waals surface area contributed by atoms with Crippen molar-refractivity contribution in [3.63, 3.8) is 0 Å². The zero-order chi connectivity index (χ0) is 25.1. The second-order valence-corrected chi connectivity index (χ2v) is 8.71. The van der Waals surface area contributed by atoms with E-state index < -0.39 is 42.4 Å². The van der Waals surface area contributed by atoms with Crippen LogP contribution >= 0.6 is 0 Å². The van der Waals surface area contributed by atoms with Crippen molar-refractivity contribution >= 4 is 28.8 Å². The fourth-order valence-electron chi connectivity index (χ4n) is 4.68. The Balaban J connectivity index is 1.81. The topological polar surface area (TPSA) is 93.1 Å². The average Bonchev–Trinajstić information content (AvgIpc) is 3.15. The Labute approximate surface area is 203 Å². The molecule has 8 heteroatoms. The van der Waals surface area contributed by atoms with Crippen LogP contribution in [-0.2, 0) is 39.8 Å². The molecule has 0 spiro atoms. The summed E-state index contributed by atoms with van der Waals surface area (Å²) in [6, 6.07) is 16.2. The fraction of sp³-hybridized carbons (Fsp3) is 0.370. The molecule has 0 amide bonds. The van der Waals surface area contributed by atoms with Crippen LogP contribution < -0.4 is 0 Å². The molecule has 0 unspecified atom stereocenters. The Morgan fingerprint density at radius 2 is 1.54 bits per heavy atom. The molecule has 1 saturated heterocycles. The quantitative estimate of drug-likeness (QED) is 0.391. The molecular formula is C27H29NO7. The molecule has 1 aliphatic heterocycles. The van der Waals surface area contributed by atoms with Gasteiger partial charge in [0.1, 0.15) is 0 Å². The Hall–Kier alpha value is -3.65. The van der Waals surface area contributed by atoms with E-state index in [1.54, 1.807) is 0 Å². The van der Waals surface area contributed by atoms with E-state index in [1.807, 2.05) is 54.1 Å². The molecule has 0 aliphatic carbocycles. The summed E-state index contributed by atoms with van der Waals surface area (Å²) in [7, 11) is 0. The average molecular weight is 480 g/mol. The normalized spacial score (nSPS) is 21.9. The lowest BCUT2D eigenvalue weighted by Crippen LogP contribution is -2.55. The van der Waals surface area contributed by atoms with Crippen LogP contribution in [0.25, 0.3) is 10.9 Å². The van der Waals surface area contributed by atoms with E-state index in [2.05, 4.69) is 12.1 Å². The maximum atomic E-state index is 12.1. The lowest BCUT2D eigenvalue weighted by Gasteiger charge is -2.41. The van der Waals surface area contributed by atoms with E-state index in [4.69, 9.17) is 18.9 Å². The zero-order valence-electron chi connectivity index (χ0n) is 20.2. The molecule has 0 saturated carbocycles. The molecule has 4 rings (SSSR count). The summed E-state index contributed by atoms with van der Waals surface area (Å²) in [5.41, 5.74) is 4.17. The van der Waals surface area contributed by atoms with Crippen LogP contribution in [-0.4, -0.2) is 47.4 Å². The molecular weight excluding hydrogens is 450 g/mol. The van der Waals surface area contributed by atoms with Crippen molar-refractivity contribution in [2.75, 3.05) is 6.61 Å². The fourth-order valence-corrected chi connectivity index (χ4v) is 4.68. The van der Waals surface area contributed by atoms with Crippen molar-refractivity contribution in [1.29, 1.82) is 0 Å². The van der Waals surface area contributed by atoms with Crippen LogP contribution in [0.2, 0.25) is 0 Å². The first-order valence-corrected chi connectivity index (χ1v) is 11.5. The summed E-state index contributed by atoms with van der Waals surface area (Å²) >= 11 is 0. The summed E-state index contributed by atoms with van der Waals surface area (Å²) in [4.78, 5) is 35.7. The number of para-hydroxylation sites is 1. The number of aryl methyl sites for hydroxylation is 1. The van der Waals surface area contributed by atoms with Crippen molar-refractivity contribution in [1.82, 2.24) is 4.57 Å². The number of ether oxygens (including phenoxy) is 4. The minimum atomic E-state index is -1.03. The van der Waals surface area contributed by atoms with Crippen LogP contribution in [0, 0.1) is 6.92 Å². The van der Waals surface area contributed by atoms with Crippen LogP contribution in [0.5, 0.6) is 0 Å². The number of fused-ring (bicyclic) bond motifs is 1. The number of hydrogen-bond acceptors (Lipinski definition) is 7. The summed E-state index contributed by atoms with van der Waals surface area (Å²) in [5.74, 6) is -1.70. The highest BCUT2D eigenvalue weighted by molar-refractivity contribution is 5.87. The first-order chi connectivity index (χ1) is 16.7. The smallest absolute Gasteiger partial charge is 0.303 e. The minimum absolute atomic E-state index is 0.0282. The number of hydrogen-bond donors (Lipinski definition) is 0. The molecule has 1 fully saturated rings. The van der Waals surface area contributed by atoms with Gasteiger partial charge in [0.2, 0.25) is 0 Å². The largest absolute Gasteiger partial charge is 0.456 e. The summed E-state index contributed by atoms with van der Waals surface area (Å²) in [5, 5.41) is 1.05. The molecule has 0 bridgehead atoms. The SMILES string of the molecule is CC(=O)O[C@@H]1[C@@H](OC(C)=O)[C@H](OC(C)=O)CO[C@H]1n1cc(Cc2ccccc2)c2cccc(C)c21. The Bertz CT molecular complexity index is 1230. The number of rotatable bonds is 6. The number of esters is 3. The lowest BCUT2D eigenvalue weighted by molar-refractivity contribution is -0.239. The summed E-state index contributed by atoms with van der Waals surface area (Å²) < 4.78 is 24.6. The van der Waals surface area contributed by atoms with Crippen molar-refractivity contribution in [2.45, 2.75) is 58.7 Å². The van der Waals surface area contributed by atoms with Gasteiger partial charge in [0.15, 0.2) is 24.5 Å². The number of aromatic nitrogens is 1. The van der Waals surface area contributed by atoms with Crippen LogP contribution in [0.15, 0.2) is 54.7 Å². The van der Waals surface area contributed by atoms with Crippen molar-refractivity contribution in [2.24, 2.45) is 0 Å². The first kappa shape index (κ1) is 24.5. The van der Waals surface area contributed by atoms with Gasteiger partial charge in [-0.1, -0.05) is 48.5 Å². The van der Waals surface area contributed by atoms with Crippen molar-refractivity contribution in [3.8, 4) is 0 Å². The molecule has 0 N–H and O–H groups in total. The van der Waals surface area contributed by atoms with Gasteiger partial charge in [-0.2, -0.15) is 0 Å². The molecule has 184 valence electrons. The highest BCUT2D eigenvalue weighted by atomic mass is 16.6. The second kappa shape index (κ2) is 10.3. The molecule has 2 aromatic carbocycles. The molecule has 1 aromatic heterocycles. The van der Waals surface area contributed by atoms with Gasteiger partial charge in [0, 0.05) is 32.4 Å². The standard InChI is InChI=1S/C27H29NO7/c1-16-9-8-12-22-21(13-20-10-6-5-7-11-20)14-28(24(16)22)27-26(35-19(4)31)25(34-18(3)30)23(15-32-27)33-17(2)29/h5-12,14,23,25-27H,13,15H2,1-4H3/t23-,25+,26-,27-/m1/s1. The predicted octanol–water partition coefficient (Wildman–Crippen LogP) is 3.86. The van der Waals surface area contributed by atoms with Gasteiger partial charge in [-0.3, -0.25) is 14.4 Å². The van der Waals surface area contributed by atoms with Gasteiger partial charge >= 0.3 is 17.9 Å². The lowest BCUT2D eigenvalue weighted by atomic mass is 10.0. The van der Waals surface area contributed by atoms with Gasteiger partial charge < -0.3 is 23.5 Å². The van der Waals surface area contributed by atoms with E-state index in [9.17, 15) is 14.4 Å². The highest BCUT2D eigenvalue weighted by Crippen LogP contribution is 2.36. The van der Waals surface area contributed by atoms with E-state index in [1.165, 1.54) is 20.8 Å². The van der Waals surface area contributed by atoms with Crippen molar-refractivity contribution < 1.29 is 33.3 Å². The predicted molar refractivity (Wildman–Crippen MR) is 128 cm³/mol. The van der Waals surface area contributed by atoms with E-state index >= 15 is 0 Å². The van der Waals surface area contributed by atoms with Crippen LogP contribution in [0.4, 0.5) is 0 Å². The van der Waals surface area contributed by atoms with E-state index in [0.717, 1.165) is 27.6 Å². The minimum Gasteiger partial charge on any atom is -0.456 e. The maximum Gasteiger partial charge on any atom is 0.303 e. The number of carbonyl (C=O) groups excluding carboxylic acids is 3. The number of carbonyl (C=O) groups is 3. The summed E-state index contributed by atoms with van der Waals surface area (Å²) in [6.07, 6.45) is -1.09. The van der Waals surface area contributed by atoms with Gasteiger partial charge in [-0.15, -0.1) is 0 Å². The maximum absolute atomic E-state index is 12.1. The third-order valence-electron chi connectivity index (χ3n) is 5.97. The van der Waals surface area contributed by atoms with E-state index in [0.29, 0.717) is 6.42 Å². The van der Waals surface area contributed by atoms with Crippen molar-refractivity contribution in [3.05, 3.63) is 71.4 Å². The summed E-state index contributed by atoms with van der Waals surface area (Å²) in [6.45, 7) is 5.76. The molecule has 4 atom stereocenters. The first-order valence-electron chi connectivity index (χ1n) is 11.5. The molecule has 0 radical (unpaired) electrons. The Morgan fingerprint density at radius 3 is 2.20 bits per heavy atom. The molecule has 3 aromatic rings. The van der Waals surface area contributed by atoms with Gasteiger partial charge in [-0.25, -0.2) is 0 Å². The highest BCUT2D eigenvalue weighted by Gasteiger charge is 2.48. The van der Waals surface area contributed by atoms with E-state index in [-0.39, 0.29) is 6.61 Å². The zero-order valence-corrected chi connectivity index (χ0v) is 20.2. The monoisotopic (exact) mass is 479 g/mol. The molecule has 35 heavy (non-hydrogen) atoms. The van der Waals surface area contributed by atoms with Gasteiger partial charge in [0.25, 0.3) is 0 Å². The molecule has 1 aliphatic rings. The number of benzene rings is 2. The molecule has 8 nitrogen and oxygen atoms in total. The van der Waals surface area contributed by atoms with Crippen LogP contribution in [0.1, 0.15) is 43.7 Å². The number of nitrogens with zero attached hydrogens (tertiary/aromatic N) is 1. The molecule has 2 heterocycles. The Morgan fingerprint density at radius 1 is 0.886 bits per heavy atom. The van der Waals surface area contributed by atoms with Gasteiger partial charge in [-0.05, 0) is 30.0 Å². The third-order valence-corrected chi connectivity index (χ3v) is 5.97. The Kier molecular flexibility index (Phi) is 7.21. The third kappa shape index (κ3) is 5.38. The second-order valence-electron chi connectivity index (χ2n) is 8.71.